The highest BCUT2D eigenvalue weighted by Crippen LogP contribution is 2.56. The molecule has 2 fully saturated rings. The van der Waals surface area contributed by atoms with Crippen molar-refractivity contribution >= 4 is 50.7 Å². The molecule has 2 saturated carbocycles. The molecule has 3 aromatic carbocycles. The molecule has 4 aromatic rings. The standard InChI is InChI=1S/C28H21BrCl3NO2/c29-17-8-6-15(7-9-17)20-13-21(20)19-11-10-18(12-25(19)32)34-14-22-27(33-35-28(22)16-4-5-16)26-23(30)2-1-3-24(26)31/h1-3,6-12,16,20-21H,4-5,13-14H2. The predicted molar refractivity (Wildman–Crippen MR) is 144 cm³/mol. The van der Waals surface area contributed by atoms with E-state index in [2.05, 4.69) is 51.4 Å². The third-order valence-electron chi connectivity index (χ3n) is 6.81. The van der Waals surface area contributed by atoms with E-state index in [4.69, 9.17) is 44.1 Å². The van der Waals surface area contributed by atoms with Crippen molar-refractivity contribution in [1.29, 1.82) is 0 Å². The van der Waals surface area contributed by atoms with Crippen LogP contribution in [0.15, 0.2) is 69.7 Å². The molecule has 6 rings (SSSR count). The van der Waals surface area contributed by atoms with E-state index < -0.39 is 0 Å². The Morgan fingerprint density at radius 2 is 1.66 bits per heavy atom. The molecule has 0 N–H and O–H groups in total. The number of aromatic nitrogens is 1. The van der Waals surface area contributed by atoms with Gasteiger partial charge in [0.05, 0.1) is 15.6 Å². The molecule has 0 aliphatic heterocycles. The van der Waals surface area contributed by atoms with Crippen LogP contribution in [0, 0.1) is 0 Å². The van der Waals surface area contributed by atoms with E-state index in [9.17, 15) is 0 Å². The average molecular weight is 590 g/mol. The highest BCUT2D eigenvalue weighted by atomic mass is 79.9. The monoisotopic (exact) mass is 587 g/mol. The summed E-state index contributed by atoms with van der Waals surface area (Å²) < 4.78 is 13.0. The first-order chi connectivity index (χ1) is 17.0. The minimum Gasteiger partial charge on any atom is -0.489 e. The lowest BCUT2D eigenvalue weighted by atomic mass is 10.0. The maximum absolute atomic E-state index is 6.71. The van der Waals surface area contributed by atoms with Crippen LogP contribution in [0.5, 0.6) is 5.75 Å². The van der Waals surface area contributed by atoms with Crippen LogP contribution in [0.3, 0.4) is 0 Å². The number of halogens is 4. The summed E-state index contributed by atoms with van der Waals surface area (Å²) in [5, 5.41) is 6.13. The Hall–Kier alpha value is -1.98. The molecular formula is C28H21BrCl3NO2. The largest absolute Gasteiger partial charge is 0.489 e. The van der Waals surface area contributed by atoms with Crippen molar-refractivity contribution in [2.75, 3.05) is 0 Å². The van der Waals surface area contributed by atoms with Gasteiger partial charge >= 0.3 is 0 Å². The molecular weight excluding hydrogens is 569 g/mol. The second-order valence-corrected chi connectivity index (χ2v) is 11.4. The van der Waals surface area contributed by atoms with Crippen molar-refractivity contribution in [3.05, 3.63) is 103 Å². The van der Waals surface area contributed by atoms with Gasteiger partial charge in [-0.3, -0.25) is 0 Å². The van der Waals surface area contributed by atoms with Crippen molar-refractivity contribution in [2.24, 2.45) is 0 Å². The van der Waals surface area contributed by atoms with E-state index in [0.717, 1.165) is 40.1 Å². The Morgan fingerprint density at radius 1 is 0.914 bits per heavy atom. The summed E-state index contributed by atoms with van der Waals surface area (Å²) in [6, 6.07) is 19.9. The Balaban J connectivity index is 1.22. The van der Waals surface area contributed by atoms with Crippen LogP contribution in [-0.4, -0.2) is 5.16 Å². The van der Waals surface area contributed by atoms with Gasteiger partial charge in [0.15, 0.2) is 0 Å². The first kappa shape index (κ1) is 23.4. The lowest BCUT2D eigenvalue weighted by Gasteiger charge is -2.11. The molecule has 178 valence electrons. The number of ether oxygens (including phenoxy) is 1. The predicted octanol–water partition coefficient (Wildman–Crippen LogP) is 9.79. The van der Waals surface area contributed by atoms with Gasteiger partial charge in [0.25, 0.3) is 0 Å². The molecule has 0 spiro atoms. The zero-order valence-corrected chi connectivity index (χ0v) is 22.5. The lowest BCUT2D eigenvalue weighted by Crippen LogP contribution is -2.00. The lowest BCUT2D eigenvalue weighted by molar-refractivity contribution is 0.300. The summed E-state index contributed by atoms with van der Waals surface area (Å²) in [5.74, 6) is 2.87. The van der Waals surface area contributed by atoms with Gasteiger partial charge < -0.3 is 9.26 Å². The van der Waals surface area contributed by atoms with Gasteiger partial charge in [0.1, 0.15) is 23.8 Å². The normalized spacial score (nSPS) is 19.1. The molecule has 2 atom stereocenters. The molecule has 0 bridgehead atoms. The summed E-state index contributed by atoms with van der Waals surface area (Å²) in [6.45, 7) is 0.298. The molecule has 7 heteroatoms. The summed E-state index contributed by atoms with van der Waals surface area (Å²) in [6.07, 6.45) is 3.27. The molecule has 0 amide bonds. The Labute approximate surface area is 227 Å². The summed E-state index contributed by atoms with van der Waals surface area (Å²) >= 11 is 23.2. The van der Waals surface area contributed by atoms with Gasteiger partial charge in [-0.25, -0.2) is 0 Å². The summed E-state index contributed by atoms with van der Waals surface area (Å²) in [5.41, 5.74) is 4.71. The molecule has 2 aliphatic carbocycles. The maximum Gasteiger partial charge on any atom is 0.147 e. The van der Waals surface area contributed by atoms with Crippen LogP contribution in [0.25, 0.3) is 11.3 Å². The molecule has 1 aromatic heterocycles. The van der Waals surface area contributed by atoms with E-state index in [1.54, 1.807) is 12.1 Å². The van der Waals surface area contributed by atoms with Crippen molar-refractivity contribution in [3.63, 3.8) is 0 Å². The molecule has 1 heterocycles. The third kappa shape index (κ3) is 4.74. The fourth-order valence-corrected chi connectivity index (χ4v) is 5.87. The smallest absolute Gasteiger partial charge is 0.147 e. The van der Waals surface area contributed by atoms with Crippen LogP contribution in [0.2, 0.25) is 15.1 Å². The van der Waals surface area contributed by atoms with Crippen molar-refractivity contribution < 1.29 is 9.26 Å². The Kier molecular flexibility index (Phi) is 6.34. The molecule has 0 saturated heterocycles. The van der Waals surface area contributed by atoms with E-state index in [1.165, 1.54) is 11.1 Å². The maximum atomic E-state index is 6.71. The van der Waals surface area contributed by atoms with Crippen LogP contribution < -0.4 is 4.74 Å². The molecule has 3 nitrogen and oxygen atoms in total. The van der Waals surface area contributed by atoms with E-state index in [-0.39, 0.29) is 0 Å². The van der Waals surface area contributed by atoms with Crippen LogP contribution in [0.1, 0.15) is 59.5 Å². The minimum atomic E-state index is 0.298. The second-order valence-electron chi connectivity index (χ2n) is 9.22. The quantitative estimate of drug-likeness (QED) is 0.215. The van der Waals surface area contributed by atoms with Gasteiger partial charge in [0.2, 0.25) is 0 Å². The first-order valence-electron chi connectivity index (χ1n) is 11.6. The first-order valence-corrected chi connectivity index (χ1v) is 13.5. The zero-order chi connectivity index (χ0) is 24.1. The van der Waals surface area contributed by atoms with E-state index >= 15 is 0 Å². The van der Waals surface area contributed by atoms with Gasteiger partial charge in [0, 0.05) is 21.0 Å². The topological polar surface area (TPSA) is 35.3 Å². The number of benzene rings is 3. The number of hydrogen-bond acceptors (Lipinski definition) is 3. The van der Waals surface area contributed by atoms with Gasteiger partial charge in [-0.05, 0) is 78.6 Å². The summed E-state index contributed by atoms with van der Waals surface area (Å²) in [7, 11) is 0. The molecule has 2 unspecified atom stereocenters. The second kappa shape index (κ2) is 9.48. The van der Waals surface area contributed by atoms with Crippen molar-refractivity contribution in [2.45, 2.75) is 43.6 Å². The SMILES string of the molecule is Clc1cc(OCc2c(-c3c(Cl)cccc3Cl)noc2C2CC2)ccc1C1CC1c1ccc(Br)cc1. The Bertz CT molecular complexity index is 1380. The average Bonchev–Trinajstić information content (AvgIpc) is 3.77. The molecule has 35 heavy (non-hydrogen) atoms. The number of rotatable bonds is 7. The third-order valence-corrected chi connectivity index (χ3v) is 8.30. The highest BCUT2D eigenvalue weighted by Gasteiger charge is 2.40. The summed E-state index contributed by atoms with van der Waals surface area (Å²) in [4.78, 5) is 0. The van der Waals surface area contributed by atoms with Crippen molar-refractivity contribution in [3.8, 4) is 17.0 Å². The number of nitrogens with zero attached hydrogens (tertiary/aromatic N) is 1. The molecule has 0 radical (unpaired) electrons. The van der Waals surface area contributed by atoms with Gasteiger partial charge in [-0.1, -0.05) is 80.2 Å². The Morgan fingerprint density at radius 3 is 2.34 bits per heavy atom. The van der Waals surface area contributed by atoms with Gasteiger partial charge in [-0.2, -0.15) is 0 Å². The van der Waals surface area contributed by atoms with Crippen LogP contribution in [0.4, 0.5) is 0 Å². The van der Waals surface area contributed by atoms with Crippen LogP contribution in [-0.2, 0) is 6.61 Å². The fourth-order valence-electron chi connectivity index (χ4n) is 4.72. The zero-order valence-electron chi connectivity index (χ0n) is 18.6. The van der Waals surface area contributed by atoms with Crippen molar-refractivity contribution in [1.82, 2.24) is 5.16 Å². The number of hydrogen-bond donors (Lipinski definition) is 0. The van der Waals surface area contributed by atoms with E-state index in [0.29, 0.717) is 51.4 Å². The minimum absolute atomic E-state index is 0.298. The highest BCUT2D eigenvalue weighted by molar-refractivity contribution is 9.10. The van der Waals surface area contributed by atoms with Crippen LogP contribution >= 0.6 is 50.7 Å². The van der Waals surface area contributed by atoms with E-state index in [1.807, 2.05) is 18.2 Å². The molecule has 2 aliphatic rings. The van der Waals surface area contributed by atoms with Gasteiger partial charge in [-0.15, -0.1) is 0 Å². The fraction of sp³-hybridized carbons (Fsp3) is 0.250.